The Morgan fingerprint density at radius 2 is 1.76 bits per heavy atom. The van der Waals surface area contributed by atoms with Crippen LogP contribution in [0.15, 0.2) is 47.5 Å². The normalized spacial score (nSPS) is 14.7. The predicted molar refractivity (Wildman–Crippen MR) is 144 cm³/mol. The Morgan fingerprint density at radius 1 is 1.09 bits per heavy atom. The van der Waals surface area contributed by atoms with Crippen molar-refractivity contribution >= 4 is 46.7 Å². The monoisotopic (exact) mass is 564 g/mol. The van der Waals surface area contributed by atoms with E-state index in [1.807, 2.05) is 38.4 Å². The lowest BCUT2D eigenvalue weighted by Crippen LogP contribution is -2.48. The minimum Gasteiger partial charge on any atom is -0.497 e. The number of nitrogens with zero attached hydrogens (tertiary/aromatic N) is 4. The van der Waals surface area contributed by atoms with Gasteiger partial charge in [-0.25, -0.2) is 4.98 Å². The quantitative estimate of drug-likeness (QED) is 0.271. The molecule has 8 nitrogen and oxygen atoms in total. The van der Waals surface area contributed by atoms with E-state index in [0.717, 1.165) is 65.9 Å². The van der Waals surface area contributed by atoms with Crippen molar-refractivity contribution in [1.82, 2.24) is 20.2 Å². The Morgan fingerprint density at radius 3 is 2.36 bits per heavy atom. The first kappa shape index (κ1) is 24.9. The Balaban J connectivity index is 0.00000306. The number of ether oxygens (including phenoxy) is 2. The molecule has 0 radical (unpaired) electrons. The van der Waals surface area contributed by atoms with Crippen LogP contribution in [0.5, 0.6) is 11.5 Å². The number of piperidine rings is 1. The maximum atomic E-state index is 5.42. The van der Waals surface area contributed by atoms with Gasteiger partial charge in [0.15, 0.2) is 5.96 Å². The van der Waals surface area contributed by atoms with Crippen molar-refractivity contribution in [1.29, 1.82) is 0 Å². The first-order valence-corrected chi connectivity index (χ1v) is 11.0. The fourth-order valence-corrected chi connectivity index (χ4v) is 4.16. The molecule has 2 heterocycles. The molecule has 1 aliphatic rings. The molecule has 0 atom stereocenters. The van der Waals surface area contributed by atoms with E-state index < -0.39 is 0 Å². The number of halogens is 1. The third-order valence-electron chi connectivity index (χ3n) is 6.05. The highest BCUT2D eigenvalue weighted by Crippen LogP contribution is 2.30. The second kappa shape index (κ2) is 11.4. The fourth-order valence-electron chi connectivity index (χ4n) is 4.16. The maximum Gasteiger partial charge on any atom is 0.191 e. The van der Waals surface area contributed by atoms with E-state index in [1.54, 1.807) is 14.2 Å². The zero-order valence-corrected chi connectivity index (χ0v) is 22.0. The number of nitrogens with one attached hydrogen (secondary N) is 2. The topological polar surface area (TPSA) is 75.9 Å². The van der Waals surface area contributed by atoms with Gasteiger partial charge in [0.25, 0.3) is 0 Å². The van der Waals surface area contributed by atoms with Gasteiger partial charge in [-0.15, -0.1) is 24.0 Å². The zero-order chi connectivity index (χ0) is 22.5. The number of aromatic nitrogens is 2. The molecule has 0 aliphatic carbocycles. The molecular formula is C24H33IN6O2. The van der Waals surface area contributed by atoms with Crippen molar-refractivity contribution in [2.45, 2.75) is 25.4 Å². The molecule has 4 rings (SSSR count). The molecular weight excluding hydrogens is 531 g/mol. The summed E-state index contributed by atoms with van der Waals surface area (Å²) in [6.45, 7) is 2.53. The number of fused-ring (bicyclic) bond motifs is 1. The van der Waals surface area contributed by atoms with Gasteiger partial charge >= 0.3 is 0 Å². The predicted octanol–water partition coefficient (Wildman–Crippen LogP) is 3.54. The highest BCUT2D eigenvalue weighted by molar-refractivity contribution is 14.0. The number of anilines is 1. The van der Waals surface area contributed by atoms with Gasteiger partial charge in [0.05, 0.1) is 31.8 Å². The largest absolute Gasteiger partial charge is 0.497 e. The van der Waals surface area contributed by atoms with Gasteiger partial charge in [0.2, 0.25) is 0 Å². The van der Waals surface area contributed by atoms with Gasteiger partial charge in [-0.1, -0.05) is 12.1 Å². The average molecular weight is 564 g/mol. The Kier molecular flexibility index (Phi) is 8.65. The number of aliphatic imine (C=N–C) groups is 1. The third-order valence-corrected chi connectivity index (χ3v) is 6.05. The van der Waals surface area contributed by atoms with E-state index in [-0.39, 0.29) is 24.0 Å². The summed E-state index contributed by atoms with van der Waals surface area (Å²) in [5, 5.41) is 6.99. The maximum absolute atomic E-state index is 5.42. The SMILES string of the molecule is CN=C(NCc1nc2ccccc2n1C)NC1CCN(c2cc(OC)cc(OC)c2)CC1.I. The number of para-hydroxylation sites is 2. The van der Waals surface area contributed by atoms with Gasteiger partial charge in [-0.2, -0.15) is 0 Å². The summed E-state index contributed by atoms with van der Waals surface area (Å²) in [6.07, 6.45) is 2.04. The summed E-state index contributed by atoms with van der Waals surface area (Å²) in [4.78, 5) is 11.5. The molecule has 0 saturated carbocycles. The lowest BCUT2D eigenvalue weighted by Gasteiger charge is -2.34. The Bertz CT molecular complexity index is 1070. The van der Waals surface area contributed by atoms with Crippen molar-refractivity contribution < 1.29 is 9.47 Å². The van der Waals surface area contributed by atoms with E-state index >= 15 is 0 Å². The summed E-state index contributed by atoms with van der Waals surface area (Å²) in [5.41, 5.74) is 3.27. The van der Waals surface area contributed by atoms with Gasteiger partial charge in [0.1, 0.15) is 17.3 Å². The van der Waals surface area contributed by atoms with Gasteiger partial charge < -0.3 is 29.6 Å². The molecule has 0 unspecified atom stereocenters. The summed E-state index contributed by atoms with van der Waals surface area (Å²) >= 11 is 0. The van der Waals surface area contributed by atoms with E-state index in [4.69, 9.17) is 14.5 Å². The van der Waals surface area contributed by atoms with E-state index in [1.165, 1.54) is 0 Å². The molecule has 1 aromatic heterocycles. The van der Waals surface area contributed by atoms with Crippen LogP contribution in [0.2, 0.25) is 0 Å². The lowest BCUT2D eigenvalue weighted by atomic mass is 10.0. The van der Waals surface area contributed by atoms with Crippen LogP contribution in [0.1, 0.15) is 18.7 Å². The number of guanidine groups is 1. The summed E-state index contributed by atoms with van der Waals surface area (Å²) in [7, 11) is 7.22. The molecule has 33 heavy (non-hydrogen) atoms. The number of methoxy groups -OCH3 is 2. The summed E-state index contributed by atoms with van der Waals surface area (Å²) < 4.78 is 13.0. The number of hydrogen-bond acceptors (Lipinski definition) is 5. The van der Waals surface area contributed by atoms with Gasteiger partial charge in [-0.05, 0) is 25.0 Å². The van der Waals surface area contributed by atoms with Crippen LogP contribution in [0.25, 0.3) is 11.0 Å². The summed E-state index contributed by atoms with van der Waals surface area (Å²) in [5.74, 6) is 3.41. The van der Waals surface area contributed by atoms with Crippen LogP contribution >= 0.6 is 24.0 Å². The lowest BCUT2D eigenvalue weighted by molar-refractivity contribution is 0.393. The van der Waals surface area contributed by atoms with Crippen LogP contribution in [0, 0.1) is 0 Å². The number of hydrogen-bond donors (Lipinski definition) is 2. The molecule has 178 valence electrons. The van der Waals surface area contributed by atoms with Crippen LogP contribution in [-0.2, 0) is 13.6 Å². The highest BCUT2D eigenvalue weighted by Gasteiger charge is 2.21. The molecule has 2 N–H and O–H groups in total. The van der Waals surface area contributed by atoms with Crippen LogP contribution < -0.4 is 25.0 Å². The van der Waals surface area contributed by atoms with Crippen LogP contribution in [0.3, 0.4) is 0 Å². The minimum atomic E-state index is 0. The molecule has 1 fully saturated rings. The van der Waals surface area contributed by atoms with E-state index in [9.17, 15) is 0 Å². The molecule has 2 aromatic carbocycles. The minimum absolute atomic E-state index is 0. The first-order chi connectivity index (χ1) is 15.6. The highest BCUT2D eigenvalue weighted by atomic mass is 127. The number of imidazole rings is 1. The van der Waals surface area contributed by atoms with Crippen molar-refractivity contribution in [3.05, 3.63) is 48.3 Å². The van der Waals surface area contributed by atoms with Gasteiger partial charge in [0, 0.05) is 57.1 Å². The Labute approximate surface area is 212 Å². The number of rotatable bonds is 6. The summed E-state index contributed by atoms with van der Waals surface area (Å²) in [6, 6.07) is 14.6. The molecule has 0 spiro atoms. The Hall–Kier alpha value is -2.69. The van der Waals surface area contributed by atoms with Crippen molar-refractivity contribution in [3.8, 4) is 11.5 Å². The van der Waals surface area contributed by atoms with Crippen molar-refractivity contribution in [2.75, 3.05) is 39.3 Å². The van der Waals surface area contributed by atoms with E-state index in [0.29, 0.717) is 12.6 Å². The smallest absolute Gasteiger partial charge is 0.191 e. The van der Waals surface area contributed by atoms with Crippen LogP contribution in [-0.4, -0.2) is 55.9 Å². The van der Waals surface area contributed by atoms with Crippen LogP contribution in [0.4, 0.5) is 5.69 Å². The second-order valence-corrected chi connectivity index (χ2v) is 7.98. The first-order valence-electron chi connectivity index (χ1n) is 11.0. The molecule has 1 aliphatic heterocycles. The molecule has 1 saturated heterocycles. The van der Waals surface area contributed by atoms with Crippen molar-refractivity contribution in [2.24, 2.45) is 12.0 Å². The zero-order valence-electron chi connectivity index (χ0n) is 19.7. The average Bonchev–Trinajstić information content (AvgIpc) is 3.17. The number of benzene rings is 2. The standard InChI is InChI=1S/C24H32N6O2.HI/c1-25-24(26-16-23-28-21-7-5-6-8-22(21)29(23)2)27-17-9-11-30(12-10-17)18-13-19(31-3)15-20(14-18)32-4;/h5-8,13-15,17H,9-12,16H2,1-4H3,(H2,25,26,27);1H. The fraction of sp³-hybridized carbons (Fsp3) is 0.417. The molecule has 9 heteroatoms. The third kappa shape index (κ3) is 5.82. The van der Waals surface area contributed by atoms with Gasteiger partial charge in [-0.3, -0.25) is 4.99 Å². The molecule has 3 aromatic rings. The molecule has 0 bridgehead atoms. The molecule has 0 amide bonds. The van der Waals surface area contributed by atoms with Crippen molar-refractivity contribution in [3.63, 3.8) is 0 Å². The van der Waals surface area contributed by atoms with E-state index in [2.05, 4.69) is 43.3 Å². The second-order valence-electron chi connectivity index (χ2n) is 7.98. The number of aryl methyl sites for hydroxylation is 1.